The van der Waals surface area contributed by atoms with Gasteiger partial charge >= 0.3 is 6.09 Å². The van der Waals surface area contributed by atoms with Crippen LogP contribution >= 0.6 is 0 Å². The first kappa shape index (κ1) is 18.1. The van der Waals surface area contributed by atoms with E-state index in [2.05, 4.69) is 24.3 Å². The Morgan fingerprint density at radius 2 is 1.27 bits per heavy atom. The molecule has 0 saturated carbocycles. The van der Waals surface area contributed by atoms with Crippen molar-refractivity contribution in [1.29, 1.82) is 0 Å². The van der Waals surface area contributed by atoms with E-state index in [0.29, 0.717) is 0 Å². The molecular formula is C21H27N3O2. The number of anilines is 2. The first-order valence-electron chi connectivity index (χ1n) is 8.75. The highest BCUT2D eigenvalue weighted by atomic mass is 16.6. The highest BCUT2D eigenvalue weighted by molar-refractivity contribution is 6.13. The summed E-state index contributed by atoms with van der Waals surface area (Å²) in [5, 5.41) is 2.09. The normalized spacial score (nSPS) is 11.8. The second-order valence-corrected chi connectivity index (χ2v) is 8.01. The average molecular weight is 353 g/mol. The van der Waals surface area contributed by atoms with Gasteiger partial charge < -0.3 is 14.5 Å². The molecule has 1 heterocycles. The maximum absolute atomic E-state index is 13.0. The van der Waals surface area contributed by atoms with Gasteiger partial charge in [0.15, 0.2) is 0 Å². The van der Waals surface area contributed by atoms with Gasteiger partial charge in [-0.1, -0.05) is 12.1 Å². The van der Waals surface area contributed by atoms with Crippen molar-refractivity contribution in [3.63, 3.8) is 0 Å². The maximum atomic E-state index is 13.0. The van der Waals surface area contributed by atoms with Crippen LogP contribution in [0.15, 0.2) is 36.4 Å². The predicted octanol–water partition coefficient (Wildman–Crippen LogP) is 4.71. The summed E-state index contributed by atoms with van der Waals surface area (Å²) in [6.07, 6.45) is -0.357. The fourth-order valence-electron chi connectivity index (χ4n) is 3.06. The Labute approximate surface area is 154 Å². The molecule has 26 heavy (non-hydrogen) atoms. The summed E-state index contributed by atoms with van der Waals surface area (Å²) >= 11 is 0. The standard InChI is InChI=1S/C21H27N3O2/c1-21(2,3)26-20(25)24-18-12-14(22(4)5)8-10-16(18)17-11-9-15(23(6)7)13-19(17)24/h8-13H,1-7H3. The third-order valence-corrected chi connectivity index (χ3v) is 4.34. The Morgan fingerprint density at radius 3 is 1.62 bits per heavy atom. The van der Waals surface area contributed by atoms with Crippen LogP contribution in [0, 0.1) is 0 Å². The van der Waals surface area contributed by atoms with E-state index < -0.39 is 5.60 Å². The van der Waals surface area contributed by atoms with E-state index in [4.69, 9.17) is 4.74 Å². The largest absolute Gasteiger partial charge is 0.443 e. The zero-order valence-corrected chi connectivity index (χ0v) is 16.6. The molecule has 5 nitrogen and oxygen atoms in total. The molecule has 2 aromatic carbocycles. The molecule has 0 amide bonds. The molecule has 1 aromatic heterocycles. The first-order valence-corrected chi connectivity index (χ1v) is 8.75. The number of aromatic nitrogens is 1. The average Bonchev–Trinajstić information content (AvgIpc) is 2.85. The molecule has 138 valence electrons. The van der Waals surface area contributed by atoms with Crippen LogP contribution in [0.25, 0.3) is 21.8 Å². The van der Waals surface area contributed by atoms with E-state index in [9.17, 15) is 4.79 Å². The molecular weight excluding hydrogens is 326 g/mol. The fraction of sp³-hybridized carbons (Fsp3) is 0.381. The van der Waals surface area contributed by atoms with Crippen LogP contribution in [0.4, 0.5) is 16.2 Å². The summed E-state index contributed by atoms with van der Waals surface area (Å²) < 4.78 is 7.39. The lowest BCUT2D eigenvalue weighted by molar-refractivity contribution is 0.0551. The molecule has 0 fully saturated rings. The minimum Gasteiger partial charge on any atom is -0.443 e. The highest BCUT2D eigenvalue weighted by Crippen LogP contribution is 2.34. The van der Waals surface area contributed by atoms with Crippen molar-refractivity contribution in [2.45, 2.75) is 26.4 Å². The lowest BCUT2D eigenvalue weighted by Crippen LogP contribution is -2.27. The van der Waals surface area contributed by atoms with Gasteiger partial charge in [-0.3, -0.25) is 0 Å². The quantitative estimate of drug-likeness (QED) is 0.669. The molecule has 5 heteroatoms. The van der Waals surface area contributed by atoms with Gasteiger partial charge in [-0.15, -0.1) is 0 Å². The minimum absolute atomic E-state index is 0.357. The van der Waals surface area contributed by atoms with Crippen LogP contribution in [0.3, 0.4) is 0 Å². The monoisotopic (exact) mass is 353 g/mol. The highest BCUT2D eigenvalue weighted by Gasteiger charge is 2.23. The van der Waals surface area contributed by atoms with E-state index in [1.807, 2.05) is 70.9 Å². The van der Waals surface area contributed by atoms with Crippen molar-refractivity contribution < 1.29 is 9.53 Å². The van der Waals surface area contributed by atoms with Gasteiger partial charge in [-0.05, 0) is 45.0 Å². The van der Waals surface area contributed by atoms with Crippen LogP contribution in [0.2, 0.25) is 0 Å². The Balaban J connectivity index is 2.35. The molecule has 0 radical (unpaired) electrons. The van der Waals surface area contributed by atoms with Crippen molar-refractivity contribution >= 4 is 39.3 Å². The molecule has 0 aliphatic heterocycles. The molecule has 0 aliphatic rings. The van der Waals surface area contributed by atoms with E-state index in [-0.39, 0.29) is 6.09 Å². The molecule has 0 bridgehead atoms. The predicted molar refractivity (Wildman–Crippen MR) is 110 cm³/mol. The SMILES string of the molecule is CN(C)c1ccc2c3ccc(N(C)C)cc3n(C(=O)OC(C)(C)C)c2c1. The number of rotatable bonds is 2. The number of ether oxygens (including phenoxy) is 1. The number of carbonyl (C=O) groups excluding carboxylic acids is 1. The van der Waals surface area contributed by atoms with Gasteiger partial charge in [0.05, 0.1) is 11.0 Å². The second kappa shape index (κ2) is 6.24. The number of hydrogen-bond acceptors (Lipinski definition) is 4. The summed E-state index contributed by atoms with van der Waals surface area (Å²) in [6.45, 7) is 5.65. The third kappa shape index (κ3) is 3.21. The minimum atomic E-state index is -0.557. The number of carbonyl (C=O) groups is 1. The fourth-order valence-corrected chi connectivity index (χ4v) is 3.06. The summed E-state index contributed by atoms with van der Waals surface area (Å²) in [4.78, 5) is 17.1. The number of nitrogens with zero attached hydrogens (tertiary/aromatic N) is 3. The molecule has 0 aliphatic carbocycles. The van der Waals surface area contributed by atoms with E-state index in [0.717, 1.165) is 33.2 Å². The lowest BCUT2D eigenvalue weighted by atomic mass is 10.1. The van der Waals surface area contributed by atoms with E-state index in [1.165, 1.54) is 0 Å². The van der Waals surface area contributed by atoms with Crippen molar-refractivity contribution in [2.24, 2.45) is 0 Å². The first-order chi connectivity index (χ1) is 12.1. The topological polar surface area (TPSA) is 37.7 Å². The lowest BCUT2D eigenvalue weighted by Gasteiger charge is -2.21. The van der Waals surface area contributed by atoms with Gasteiger partial charge in [-0.25, -0.2) is 9.36 Å². The molecule has 3 aromatic rings. The second-order valence-electron chi connectivity index (χ2n) is 8.01. The maximum Gasteiger partial charge on any atom is 0.419 e. The van der Waals surface area contributed by atoms with Crippen LogP contribution in [0.5, 0.6) is 0 Å². The molecule has 3 rings (SSSR count). The summed E-state index contributed by atoms with van der Waals surface area (Å²) in [5.74, 6) is 0. The van der Waals surface area contributed by atoms with Crippen molar-refractivity contribution in [3.8, 4) is 0 Å². The Hall–Kier alpha value is -2.69. The molecule has 0 atom stereocenters. The van der Waals surface area contributed by atoms with Gasteiger partial charge in [0.25, 0.3) is 0 Å². The van der Waals surface area contributed by atoms with Gasteiger partial charge in [-0.2, -0.15) is 0 Å². The third-order valence-electron chi connectivity index (χ3n) is 4.34. The molecule has 0 N–H and O–H groups in total. The summed E-state index contributed by atoms with van der Waals surface area (Å²) in [6, 6.07) is 12.4. The van der Waals surface area contributed by atoms with Gasteiger partial charge in [0, 0.05) is 50.3 Å². The van der Waals surface area contributed by atoms with Crippen molar-refractivity contribution in [2.75, 3.05) is 38.0 Å². The zero-order chi connectivity index (χ0) is 19.2. The number of fused-ring (bicyclic) bond motifs is 3. The van der Waals surface area contributed by atoms with E-state index in [1.54, 1.807) is 4.57 Å². The summed E-state index contributed by atoms with van der Waals surface area (Å²) in [5.41, 5.74) is 3.24. The number of benzene rings is 2. The molecule has 0 saturated heterocycles. The van der Waals surface area contributed by atoms with Crippen LogP contribution in [-0.4, -0.2) is 44.5 Å². The van der Waals surface area contributed by atoms with Crippen LogP contribution in [0.1, 0.15) is 20.8 Å². The Bertz CT molecular complexity index is 913. The Kier molecular flexibility index (Phi) is 4.34. The van der Waals surface area contributed by atoms with Gasteiger partial charge in [0.2, 0.25) is 0 Å². The van der Waals surface area contributed by atoms with Gasteiger partial charge in [0.1, 0.15) is 5.60 Å². The summed E-state index contributed by atoms with van der Waals surface area (Å²) in [7, 11) is 7.97. The van der Waals surface area contributed by atoms with Crippen LogP contribution < -0.4 is 9.80 Å². The van der Waals surface area contributed by atoms with Crippen LogP contribution in [-0.2, 0) is 4.74 Å². The number of hydrogen-bond donors (Lipinski definition) is 0. The molecule has 0 unspecified atom stereocenters. The van der Waals surface area contributed by atoms with Crippen molar-refractivity contribution in [1.82, 2.24) is 4.57 Å². The van der Waals surface area contributed by atoms with E-state index >= 15 is 0 Å². The Morgan fingerprint density at radius 1 is 0.846 bits per heavy atom. The van der Waals surface area contributed by atoms with Crippen molar-refractivity contribution in [3.05, 3.63) is 36.4 Å². The smallest absolute Gasteiger partial charge is 0.419 e. The zero-order valence-electron chi connectivity index (χ0n) is 16.6. The molecule has 0 spiro atoms.